The number of rotatable bonds is 6. The normalized spacial score (nSPS) is 12.1. The molecule has 0 spiro atoms. The third-order valence-corrected chi connectivity index (χ3v) is 2.87. The minimum atomic E-state index is 0.0216. The molecule has 0 radical (unpaired) electrons. The molecule has 0 aliphatic heterocycles. The molecule has 4 nitrogen and oxygen atoms in total. The molecule has 0 heterocycles. The van der Waals surface area contributed by atoms with Crippen LogP contribution in [-0.2, 0) is 6.42 Å². The number of ether oxygens (including phenoxy) is 1. The summed E-state index contributed by atoms with van der Waals surface area (Å²) in [6.07, 6.45) is 2.03. The van der Waals surface area contributed by atoms with E-state index in [-0.39, 0.29) is 5.54 Å². The van der Waals surface area contributed by atoms with Gasteiger partial charge in [-0.3, -0.25) is 4.99 Å². The summed E-state index contributed by atoms with van der Waals surface area (Å²) in [4.78, 5) is 4.62. The predicted molar refractivity (Wildman–Crippen MR) is 90.2 cm³/mol. The molecule has 0 saturated carbocycles. The van der Waals surface area contributed by atoms with Crippen LogP contribution in [0, 0.1) is 0 Å². The van der Waals surface area contributed by atoms with Crippen LogP contribution in [0.1, 0.15) is 39.7 Å². The highest BCUT2D eigenvalue weighted by atomic mass is 16.5. The van der Waals surface area contributed by atoms with Gasteiger partial charge in [-0.1, -0.05) is 12.1 Å². The summed E-state index contributed by atoms with van der Waals surface area (Å²) < 4.78 is 5.24. The van der Waals surface area contributed by atoms with Crippen molar-refractivity contribution in [1.29, 1.82) is 0 Å². The fourth-order valence-electron chi connectivity index (χ4n) is 1.96. The highest BCUT2D eigenvalue weighted by molar-refractivity contribution is 5.80. The number of guanidine groups is 1. The van der Waals surface area contributed by atoms with Crippen molar-refractivity contribution in [3.05, 3.63) is 29.8 Å². The van der Waals surface area contributed by atoms with Crippen LogP contribution in [0.25, 0.3) is 0 Å². The van der Waals surface area contributed by atoms with Gasteiger partial charge in [-0.25, -0.2) is 0 Å². The van der Waals surface area contributed by atoms with E-state index in [0.717, 1.165) is 37.6 Å². The van der Waals surface area contributed by atoms with E-state index in [9.17, 15) is 0 Å². The SMILES string of the molecule is CCNC(=NCCCc1cccc(OC)c1)NC(C)(C)C. The smallest absolute Gasteiger partial charge is 0.191 e. The Kier molecular flexibility index (Phi) is 7.06. The zero-order valence-corrected chi connectivity index (χ0v) is 14.0. The fraction of sp³-hybridized carbons (Fsp3) is 0.588. The highest BCUT2D eigenvalue weighted by Gasteiger charge is 2.11. The second-order valence-corrected chi connectivity index (χ2v) is 6.09. The third-order valence-electron chi connectivity index (χ3n) is 2.87. The molecule has 0 aromatic heterocycles. The van der Waals surface area contributed by atoms with Gasteiger partial charge >= 0.3 is 0 Å². The molecule has 1 aromatic carbocycles. The van der Waals surface area contributed by atoms with Crippen LogP contribution < -0.4 is 15.4 Å². The van der Waals surface area contributed by atoms with Crippen LogP contribution in [-0.4, -0.2) is 31.7 Å². The van der Waals surface area contributed by atoms with E-state index < -0.39 is 0 Å². The summed E-state index contributed by atoms with van der Waals surface area (Å²) in [7, 11) is 1.70. The fourth-order valence-corrected chi connectivity index (χ4v) is 1.96. The number of hydrogen-bond acceptors (Lipinski definition) is 2. The number of nitrogens with zero attached hydrogens (tertiary/aromatic N) is 1. The topological polar surface area (TPSA) is 45.7 Å². The largest absolute Gasteiger partial charge is 0.497 e. The first kappa shape index (κ1) is 17.3. The lowest BCUT2D eigenvalue weighted by molar-refractivity contribution is 0.414. The van der Waals surface area contributed by atoms with Crippen molar-refractivity contribution >= 4 is 5.96 Å². The minimum Gasteiger partial charge on any atom is -0.497 e. The molecule has 2 N–H and O–H groups in total. The average molecular weight is 291 g/mol. The van der Waals surface area contributed by atoms with Gasteiger partial charge in [-0.05, 0) is 58.2 Å². The number of hydrogen-bond donors (Lipinski definition) is 2. The maximum Gasteiger partial charge on any atom is 0.191 e. The zero-order chi connectivity index (χ0) is 15.7. The molecule has 0 bridgehead atoms. The van der Waals surface area contributed by atoms with E-state index in [4.69, 9.17) is 4.74 Å². The van der Waals surface area contributed by atoms with E-state index in [1.807, 2.05) is 12.1 Å². The Morgan fingerprint density at radius 1 is 1.29 bits per heavy atom. The van der Waals surface area contributed by atoms with Gasteiger partial charge in [0.15, 0.2) is 5.96 Å². The minimum absolute atomic E-state index is 0.0216. The molecule has 21 heavy (non-hydrogen) atoms. The molecule has 0 unspecified atom stereocenters. The van der Waals surface area contributed by atoms with E-state index in [0.29, 0.717) is 0 Å². The first-order chi connectivity index (χ1) is 9.94. The van der Waals surface area contributed by atoms with Crippen LogP contribution in [0.15, 0.2) is 29.3 Å². The number of methoxy groups -OCH3 is 1. The number of benzene rings is 1. The molecule has 0 amide bonds. The lowest BCUT2D eigenvalue weighted by atomic mass is 10.1. The van der Waals surface area contributed by atoms with Crippen LogP contribution in [0.4, 0.5) is 0 Å². The van der Waals surface area contributed by atoms with E-state index in [1.54, 1.807) is 7.11 Å². The van der Waals surface area contributed by atoms with Crippen molar-refractivity contribution in [2.75, 3.05) is 20.2 Å². The zero-order valence-electron chi connectivity index (χ0n) is 14.0. The quantitative estimate of drug-likeness (QED) is 0.481. The molecule has 1 rings (SSSR count). The molecular weight excluding hydrogens is 262 g/mol. The summed E-state index contributed by atoms with van der Waals surface area (Å²) in [5.41, 5.74) is 1.31. The number of nitrogens with one attached hydrogen (secondary N) is 2. The molecule has 118 valence electrons. The van der Waals surface area contributed by atoms with Crippen molar-refractivity contribution in [2.24, 2.45) is 4.99 Å². The Morgan fingerprint density at radius 3 is 2.67 bits per heavy atom. The van der Waals surface area contributed by atoms with Gasteiger partial charge in [0.2, 0.25) is 0 Å². The van der Waals surface area contributed by atoms with Crippen molar-refractivity contribution < 1.29 is 4.74 Å². The molecular formula is C17H29N3O. The highest BCUT2D eigenvalue weighted by Crippen LogP contribution is 2.13. The molecule has 0 fully saturated rings. The number of aryl methyl sites for hydroxylation is 1. The van der Waals surface area contributed by atoms with Crippen molar-refractivity contribution in [3.63, 3.8) is 0 Å². The Morgan fingerprint density at radius 2 is 2.05 bits per heavy atom. The molecule has 1 aromatic rings. The van der Waals surface area contributed by atoms with E-state index in [1.165, 1.54) is 5.56 Å². The summed E-state index contributed by atoms with van der Waals surface area (Å²) in [5.74, 6) is 1.80. The second-order valence-electron chi connectivity index (χ2n) is 6.09. The number of aliphatic imine (C=N–C) groups is 1. The Bertz CT molecular complexity index is 450. The van der Waals surface area contributed by atoms with Gasteiger partial charge in [-0.2, -0.15) is 0 Å². The van der Waals surface area contributed by atoms with E-state index in [2.05, 4.69) is 55.5 Å². The monoisotopic (exact) mass is 291 g/mol. The van der Waals surface area contributed by atoms with Gasteiger partial charge < -0.3 is 15.4 Å². The third kappa shape index (κ3) is 7.59. The molecule has 0 aliphatic carbocycles. The van der Waals surface area contributed by atoms with Crippen LogP contribution >= 0.6 is 0 Å². The van der Waals surface area contributed by atoms with E-state index >= 15 is 0 Å². The van der Waals surface area contributed by atoms with Gasteiger partial charge in [0.25, 0.3) is 0 Å². The summed E-state index contributed by atoms with van der Waals surface area (Å²) >= 11 is 0. The summed E-state index contributed by atoms with van der Waals surface area (Å²) in [5, 5.41) is 6.67. The van der Waals surface area contributed by atoms with Gasteiger partial charge in [0.05, 0.1) is 7.11 Å². The summed E-state index contributed by atoms with van der Waals surface area (Å²) in [6.45, 7) is 10.2. The Labute approximate surface area is 129 Å². The lowest BCUT2D eigenvalue weighted by Crippen LogP contribution is -2.47. The standard InChI is InChI=1S/C17H29N3O/c1-6-18-16(20-17(2,3)4)19-12-8-10-14-9-7-11-15(13-14)21-5/h7,9,11,13H,6,8,10,12H2,1-5H3,(H2,18,19,20). The van der Waals surface area contributed by atoms with Crippen LogP contribution in [0.5, 0.6) is 5.75 Å². The molecule has 0 atom stereocenters. The lowest BCUT2D eigenvalue weighted by Gasteiger charge is -2.23. The maximum atomic E-state index is 5.24. The molecule has 0 aliphatic rings. The second kappa shape index (κ2) is 8.55. The van der Waals surface area contributed by atoms with Crippen LogP contribution in [0.3, 0.4) is 0 Å². The Hall–Kier alpha value is -1.71. The van der Waals surface area contributed by atoms with Crippen molar-refractivity contribution in [2.45, 2.75) is 46.1 Å². The first-order valence-electron chi connectivity index (χ1n) is 7.64. The summed E-state index contributed by atoms with van der Waals surface area (Å²) in [6, 6.07) is 8.22. The van der Waals surface area contributed by atoms with Crippen molar-refractivity contribution in [3.8, 4) is 5.75 Å². The predicted octanol–water partition coefficient (Wildman–Crippen LogP) is 2.98. The molecule has 0 saturated heterocycles. The maximum absolute atomic E-state index is 5.24. The van der Waals surface area contributed by atoms with Gasteiger partial charge in [0, 0.05) is 18.6 Å². The Balaban J connectivity index is 2.46. The van der Waals surface area contributed by atoms with Crippen LogP contribution in [0.2, 0.25) is 0 Å². The average Bonchev–Trinajstić information content (AvgIpc) is 2.42. The van der Waals surface area contributed by atoms with Crippen molar-refractivity contribution in [1.82, 2.24) is 10.6 Å². The van der Waals surface area contributed by atoms with Gasteiger partial charge in [0.1, 0.15) is 5.75 Å². The first-order valence-corrected chi connectivity index (χ1v) is 7.64. The molecule has 4 heteroatoms. The van der Waals surface area contributed by atoms with Gasteiger partial charge in [-0.15, -0.1) is 0 Å².